The van der Waals surface area contributed by atoms with Crippen molar-refractivity contribution in [1.82, 2.24) is 0 Å². The van der Waals surface area contributed by atoms with Gasteiger partial charge < -0.3 is 18.7 Å². The molecule has 0 fully saturated rings. The number of hydrogen-bond donors (Lipinski definition) is 0. The van der Waals surface area contributed by atoms with Crippen molar-refractivity contribution in [1.29, 1.82) is 0 Å². The molecule has 0 bridgehead atoms. The largest absolute Gasteiger partial charge is 0.493 e. The fourth-order valence-electron chi connectivity index (χ4n) is 2.61. The molecule has 7 heteroatoms. The lowest BCUT2D eigenvalue weighted by atomic mass is 10.1. The topological polar surface area (TPSA) is 65.7 Å². The summed E-state index contributed by atoms with van der Waals surface area (Å²) in [6, 6.07) is 9.88. The van der Waals surface area contributed by atoms with E-state index in [1.165, 1.54) is 6.07 Å². The van der Waals surface area contributed by atoms with Gasteiger partial charge in [-0.15, -0.1) is 0 Å². The predicted octanol–water partition coefficient (Wildman–Crippen LogP) is 5.24. The first kappa shape index (κ1) is 19.5. The van der Waals surface area contributed by atoms with Gasteiger partial charge in [0.15, 0.2) is 11.0 Å². The van der Waals surface area contributed by atoms with E-state index in [1.54, 1.807) is 30.3 Å². The summed E-state index contributed by atoms with van der Waals surface area (Å²) < 4.78 is 17.9. The molecule has 0 amide bonds. The number of halogens is 2. The Balaban J connectivity index is 2.17. The molecule has 0 unspecified atom stereocenters. The number of rotatable bonds is 7. The zero-order valence-corrected chi connectivity index (χ0v) is 16.8. The van der Waals surface area contributed by atoms with Crippen LogP contribution in [0.3, 0.4) is 0 Å². The summed E-state index contributed by atoms with van der Waals surface area (Å²) in [7, 11) is 0. The Morgan fingerprint density at radius 2 is 2.00 bits per heavy atom. The number of ether oxygens (including phenoxy) is 2. The summed E-state index contributed by atoms with van der Waals surface area (Å²) in [5.41, 5.74) is 0.665. The van der Waals surface area contributed by atoms with Crippen LogP contribution in [0.4, 0.5) is 0 Å². The molecule has 0 N–H and O–H groups in total. The van der Waals surface area contributed by atoms with E-state index >= 15 is 0 Å². The Morgan fingerprint density at radius 1 is 1.19 bits per heavy atom. The molecule has 0 aliphatic heterocycles. The molecule has 0 saturated carbocycles. The first-order valence-electron chi connectivity index (χ1n) is 8.30. The van der Waals surface area contributed by atoms with Crippen molar-refractivity contribution >= 4 is 44.8 Å². The van der Waals surface area contributed by atoms with E-state index in [9.17, 15) is 9.59 Å². The third kappa shape index (κ3) is 4.17. The van der Waals surface area contributed by atoms with E-state index in [2.05, 4.69) is 15.9 Å². The first-order chi connectivity index (χ1) is 13.0. The molecule has 27 heavy (non-hydrogen) atoms. The van der Waals surface area contributed by atoms with Crippen LogP contribution in [0.1, 0.15) is 13.3 Å². The Labute approximate surface area is 169 Å². The summed E-state index contributed by atoms with van der Waals surface area (Å²) in [5, 5.41) is 0.757. The summed E-state index contributed by atoms with van der Waals surface area (Å²) in [6.07, 6.45) is 1.06. The number of para-hydroxylation sites is 1. The average molecular weight is 452 g/mol. The molecule has 0 radical (unpaired) electrons. The quantitative estimate of drug-likeness (QED) is 0.363. The molecule has 3 rings (SSSR count). The Kier molecular flexibility index (Phi) is 6.19. The van der Waals surface area contributed by atoms with Gasteiger partial charge in [0.1, 0.15) is 23.5 Å². The zero-order valence-electron chi connectivity index (χ0n) is 14.5. The molecule has 0 atom stereocenters. The van der Waals surface area contributed by atoms with Gasteiger partial charge in [-0.25, -0.2) is 0 Å². The van der Waals surface area contributed by atoms with Crippen molar-refractivity contribution in [3.63, 3.8) is 0 Å². The normalized spacial score (nSPS) is 10.8. The van der Waals surface area contributed by atoms with Crippen molar-refractivity contribution in [2.75, 3.05) is 13.2 Å². The van der Waals surface area contributed by atoms with E-state index in [0.717, 1.165) is 6.29 Å². The lowest BCUT2D eigenvalue weighted by Gasteiger charge is -2.14. The van der Waals surface area contributed by atoms with Crippen LogP contribution in [-0.2, 0) is 4.79 Å². The molecular weight excluding hydrogens is 436 g/mol. The van der Waals surface area contributed by atoms with Gasteiger partial charge in [0, 0.05) is 12.5 Å². The average Bonchev–Trinajstić information content (AvgIpc) is 2.64. The van der Waals surface area contributed by atoms with Crippen molar-refractivity contribution in [3.05, 3.63) is 56.1 Å². The maximum absolute atomic E-state index is 12.5. The van der Waals surface area contributed by atoms with E-state index in [1.807, 2.05) is 6.92 Å². The van der Waals surface area contributed by atoms with Crippen molar-refractivity contribution in [2.45, 2.75) is 13.3 Å². The molecule has 5 nitrogen and oxygen atoms in total. The van der Waals surface area contributed by atoms with Crippen LogP contribution in [0, 0.1) is 0 Å². The molecule has 140 valence electrons. The Morgan fingerprint density at radius 3 is 2.74 bits per heavy atom. The molecule has 0 aliphatic carbocycles. The van der Waals surface area contributed by atoms with E-state index in [4.69, 9.17) is 25.5 Å². The molecule has 0 saturated heterocycles. The molecule has 1 aromatic heterocycles. The monoisotopic (exact) mass is 450 g/mol. The third-order valence-corrected chi connectivity index (χ3v) is 4.72. The summed E-state index contributed by atoms with van der Waals surface area (Å²) in [6.45, 7) is 2.53. The minimum atomic E-state index is -0.206. The van der Waals surface area contributed by atoms with Crippen LogP contribution in [0.15, 0.2) is 50.1 Å². The predicted molar refractivity (Wildman–Crippen MR) is 108 cm³/mol. The lowest BCUT2D eigenvalue weighted by Crippen LogP contribution is -2.03. The number of aldehydes is 1. The highest BCUT2D eigenvalue weighted by atomic mass is 79.9. The third-order valence-electron chi connectivity index (χ3n) is 3.80. The highest BCUT2D eigenvalue weighted by Crippen LogP contribution is 2.39. The van der Waals surface area contributed by atoms with Gasteiger partial charge in [-0.3, -0.25) is 4.79 Å². The van der Waals surface area contributed by atoms with Crippen molar-refractivity contribution < 1.29 is 18.7 Å². The second kappa shape index (κ2) is 8.59. The lowest BCUT2D eigenvalue weighted by molar-refractivity contribution is -0.108. The van der Waals surface area contributed by atoms with E-state index in [0.29, 0.717) is 49.9 Å². The molecule has 0 aliphatic rings. The van der Waals surface area contributed by atoms with Gasteiger partial charge in [-0.1, -0.05) is 17.7 Å². The Hall–Kier alpha value is -2.31. The maximum Gasteiger partial charge on any atom is 0.193 e. The number of benzene rings is 2. The van der Waals surface area contributed by atoms with Crippen LogP contribution in [0.5, 0.6) is 11.5 Å². The summed E-state index contributed by atoms with van der Waals surface area (Å²) in [5.74, 6) is 1.36. The fourth-order valence-corrected chi connectivity index (χ4v) is 3.26. The molecule has 3 aromatic rings. The van der Waals surface area contributed by atoms with Crippen LogP contribution in [-0.4, -0.2) is 19.5 Å². The molecular formula is C20H16BrClO5. The molecule has 2 aromatic carbocycles. The van der Waals surface area contributed by atoms with Crippen LogP contribution in [0.25, 0.3) is 22.3 Å². The zero-order chi connectivity index (χ0) is 19.4. The highest BCUT2D eigenvalue weighted by Gasteiger charge is 2.17. The van der Waals surface area contributed by atoms with Crippen LogP contribution >= 0.6 is 27.5 Å². The smallest absolute Gasteiger partial charge is 0.193 e. The van der Waals surface area contributed by atoms with E-state index < -0.39 is 0 Å². The van der Waals surface area contributed by atoms with Crippen LogP contribution < -0.4 is 14.9 Å². The van der Waals surface area contributed by atoms with Crippen LogP contribution in [0.2, 0.25) is 5.02 Å². The van der Waals surface area contributed by atoms with Gasteiger partial charge in [0.25, 0.3) is 0 Å². The number of fused-ring (bicyclic) bond motifs is 1. The fraction of sp³-hybridized carbons (Fsp3) is 0.200. The number of hydrogen-bond acceptors (Lipinski definition) is 5. The molecule has 1 heterocycles. The van der Waals surface area contributed by atoms with Gasteiger partial charge in [-0.2, -0.15) is 0 Å². The van der Waals surface area contributed by atoms with Gasteiger partial charge in [0.05, 0.1) is 33.7 Å². The first-order valence-corrected chi connectivity index (χ1v) is 9.47. The summed E-state index contributed by atoms with van der Waals surface area (Å²) >= 11 is 9.64. The van der Waals surface area contributed by atoms with Gasteiger partial charge in [-0.05, 0) is 47.1 Å². The SMILES string of the molecule is CCOc1cc(Br)c(OCCC=O)cc1-c1cc(=O)c2cccc(Cl)c2o1. The number of carbonyl (C=O) groups excluding carboxylic acids is 1. The minimum Gasteiger partial charge on any atom is -0.493 e. The van der Waals surface area contributed by atoms with Crippen molar-refractivity contribution in [2.24, 2.45) is 0 Å². The maximum atomic E-state index is 12.5. The second-order valence-corrected chi connectivity index (χ2v) is 6.87. The van der Waals surface area contributed by atoms with Gasteiger partial charge >= 0.3 is 0 Å². The van der Waals surface area contributed by atoms with E-state index in [-0.39, 0.29) is 18.5 Å². The second-order valence-electron chi connectivity index (χ2n) is 5.61. The Bertz CT molecular complexity index is 1040. The highest BCUT2D eigenvalue weighted by molar-refractivity contribution is 9.10. The minimum absolute atomic E-state index is 0.206. The number of carbonyl (C=O) groups is 1. The van der Waals surface area contributed by atoms with Gasteiger partial charge in [0.2, 0.25) is 0 Å². The molecule has 0 spiro atoms. The standard InChI is InChI=1S/C20H16BrClO5/c1-2-25-17-10-14(21)19(26-8-4-7-23)9-13(17)18-11-16(24)12-5-3-6-15(22)20(12)27-18/h3,5-7,9-11H,2,4,8H2,1H3. The summed E-state index contributed by atoms with van der Waals surface area (Å²) in [4.78, 5) is 23.0. The van der Waals surface area contributed by atoms with Crippen molar-refractivity contribution in [3.8, 4) is 22.8 Å².